The Morgan fingerprint density at radius 3 is 2.54 bits per heavy atom. The lowest BCUT2D eigenvalue weighted by molar-refractivity contribution is -0.128. The van der Waals surface area contributed by atoms with Crippen LogP contribution >= 0.6 is 0 Å². The Labute approximate surface area is 205 Å². The van der Waals surface area contributed by atoms with E-state index in [4.69, 9.17) is 4.98 Å². The highest BCUT2D eigenvalue weighted by atomic mass is 16.2. The summed E-state index contributed by atoms with van der Waals surface area (Å²) in [6, 6.07) is 26.4. The van der Waals surface area contributed by atoms with Crippen molar-refractivity contribution < 1.29 is 9.59 Å². The Balaban J connectivity index is 1.34. The molecule has 0 unspecified atom stereocenters. The topological polar surface area (TPSA) is 62.3 Å². The van der Waals surface area contributed by atoms with Gasteiger partial charge >= 0.3 is 0 Å². The first kappa shape index (κ1) is 22.8. The average molecular weight is 464 g/mol. The van der Waals surface area contributed by atoms with Crippen molar-refractivity contribution >= 4 is 22.7 Å². The Kier molecular flexibility index (Phi) is 6.57. The fourth-order valence-electron chi connectivity index (χ4n) is 4.88. The van der Waals surface area contributed by atoms with E-state index >= 15 is 0 Å². The molecule has 0 saturated carbocycles. The molecule has 1 N–H and O–H groups in total. The number of fused-ring (bicyclic) bond motifs is 1. The number of hydrogen-bond donors (Lipinski definition) is 1. The summed E-state index contributed by atoms with van der Waals surface area (Å²) in [7, 11) is 0. The number of pyridine rings is 1. The Morgan fingerprint density at radius 1 is 0.971 bits per heavy atom. The smallest absolute Gasteiger partial charge is 0.224 e. The summed E-state index contributed by atoms with van der Waals surface area (Å²) < 4.78 is 0. The minimum Gasteiger partial charge on any atom is -0.352 e. The molecule has 0 aliphatic carbocycles. The van der Waals surface area contributed by atoms with Crippen LogP contribution in [0.1, 0.15) is 35.2 Å². The van der Waals surface area contributed by atoms with Gasteiger partial charge < -0.3 is 10.2 Å². The molecule has 2 amide bonds. The van der Waals surface area contributed by atoms with Gasteiger partial charge in [-0.25, -0.2) is 0 Å². The third-order valence-electron chi connectivity index (χ3n) is 6.63. The molecule has 0 spiro atoms. The second-order valence-corrected chi connectivity index (χ2v) is 9.13. The Hall–Kier alpha value is -3.99. The fraction of sp³-hybridized carbons (Fsp3) is 0.233. The molecule has 5 nitrogen and oxygen atoms in total. The van der Waals surface area contributed by atoms with Crippen molar-refractivity contribution in [2.24, 2.45) is 0 Å². The van der Waals surface area contributed by atoms with Crippen molar-refractivity contribution in [3.63, 3.8) is 0 Å². The predicted octanol–water partition coefficient (Wildman–Crippen LogP) is 5.19. The second-order valence-electron chi connectivity index (χ2n) is 9.13. The van der Waals surface area contributed by atoms with E-state index < -0.39 is 0 Å². The second kappa shape index (κ2) is 10.1. The number of aromatic nitrogens is 1. The van der Waals surface area contributed by atoms with Gasteiger partial charge in [0.05, 0.1) is 11.9 Å². The molecular weight excluding hydrogens is 434 g/mol. The molecule has 3 aromatic carbocycles. The number of carbonyl (C=O) groups excluding carboxylic acids is 2. The molecule has 1 aromatic heterocycles. The summed E-state index contributed by atoms with van der Waals surface area (Å²) in [5, 5.41) is 4.14. The number of para-hydroxylation sites is 1. The van der Waals surface area contributed by atoms with Gasteiger partial charge in [0.15, 0.2) is 0 Å². The van der Waals surface area contributed by atoms with Crippen molar-refractivity contribution in [1.29, 1.82) is 0 Å². The number of hydrogen-bond acceptors (Lipinski definition) is 3. The number of rotatable bonds is 7. The first-order chi connectivity index (χ1) is 17.1. The lowest BCUT2D eigenvalue weighted by Crippen LogP contribution is -2.26. The molecule has 1 fully saturated rings. The van der Waals surface area contributed by atoms with Crippen LogP contribution in [0, 0.1) is 6.92 Å². The summed E-state index contributed by atoms with van der Waals surface area (Å²) in [5.74, 6) is 0.180. The first-order valence-corrected chi connectivity index (χ1v) is 12.1. The van der Waals surface area contributed by atoms with Crippen molar-refractivity contribution in [3.8, 4) is 11.1 Å². The molecule has 1 aliphatic heterocycles. The Bertz CT molecular complexity index is 1380. The van der Waals surface area contributed by atoms with Crippen LogP contribution in [0.2, 0.25) is 0 Å². The molecule has 1 saturated heterocycles. The van der Waals surface area contributed by atoms with Crippen LogP contribution in [0.25, 0.3) is 22.0 Å². The van der Waals surface area contributed by atoms with E-state index in [-0.39, 0.29) is 18.2 Å². The standard InChI is InChI=1S/C30H29N3O2/c1-21-26(30(24-11-3-2-4-12-24)25-13-5-6-14-27(25)32-21)18-28(34)31-19-22-9-7-10-23(17-22)20-33-16-8-15-29(33)35/h2-7,9-14,17H,8,15-16,18-20H2,1H3,(H,31,34). The monoisotopic (exact) mass is 463 g/mol. The van der Waals surface area contributed by atoms with E-state index in [2.05, 4.69) is 29.6 Å². The molecule has 5 rings (SSSR count). The van der Waals surface area contributed by atoms with E-state index in [1.54, 1.807) is 0 Å². The molecule has 35 heavy (non-hydrogen) atoms. The van der Waals surface area contributed by atoms with E-state index in [1.165, 1.54) is 0 Å². The zero-order chi connectivity index (χ0) is 24.2. The average Bonchev–Trinajstić information content (AvgIpc) is 3.28. The fourth-order valence-corrected chi connectivity index (χ4v) is 4.88. The number of nitrogens with zero attached hydrogens (tertiary/aromatic N) is 2. The van der Waals surface area contributed by atoms with Crippen molar-refractivity contribution in [1.82, 2.24) is 15.2 Å². The van der Waals surface area contributed by atoms with Crippen LogP contribution in [-0.4, -0.2) is 28.2 Å². The molecular formula is C30H29N3O2. The van der Waals surface area contributed by atoms with Crippen LogP contribution in [0.15, 0.2) is 78.9 Å². The summed E-state index contributed by atoms with van der Waals surface area (Å²) in [5.41, 5.74) is 7.03. The van der Waals surface area contributed by atoms with Crippen LogP contribution in [0.5, 0.6) is 0 Å². The van der Waals surface area contributed by atoms with Gasteiger partial charge in [-0.05, 0) is 47.2 Å². The lowest BCUT2D eigenvalue weighted by Gasteiger charge is -2.17. The molecule has 0 radical (unpaired) electrons. The number of carbonyl (C=O) groups is 2. The highest BCUT2D eigenvalue weighted by Crippen LogP contribution is 2.33. The van der Waals surface area contributed by atoms with Crippen LogP contribution in [-0.2, 0) is 29.1 Å². The zero-order valence-corrected chi connectivity index (χ0v) is 20.0. The van der Waals surface area contributed by atoms with Crippen LogP contribution < -0.4 is 5.32 Å². The maximum Gasteiger partial charge on any atom is 0.224 e. The van der Waals surface area contributed by atoms with E-state index in [1.807, 2.05) is 66.4 Å². The molecule has 5 heteroatoms. The van der Waals surface area contributed by atoms with Crippen molar-refractivity contribution in [3.05, 3.63) is 101 Å². The SMILES string of the molecule is Cc1nc2ccccc2c(-c2ccccc2)c1CC(=O)NCc1cccc(CN2CCCC2=O)c1. The third-order valence-corrected chi connectivity index (χ3v) is 6.63. The molecule has 0 atom stereocenters. The highest BCUT2D eigenvalue weighted by molar-refractivity contribution is 5.98. The highest BCUT2D eigenvalue weighted by Gasteiger charge is 2.20. The summed E-state index contributed by atoms with van der Waals surface area (Å²) in [6.07, 6.45) is 1.84. The largest absolute Gasteiger partial charge is 0.352 e. The van der Waals surface area contributed by atoms with E-state index in [0.29, 0.717) is 19.5 Å². The summed E-state index contributed by atoms with van der Waals surface area (Å²) >= 11 is 0. The number of nitrogens with one attached hydrogen (secondary N) is 1. The maximum atomic E-state index is 13.1. The number of benzene rings is 3. The van der Waals surface area contributed by atoms with Gasteiger partial charge in [-0.2, -0.15) is 0 Å². The third kappa shape index (κ3) is 5.09. The van der Waals surface area contributed by atoms with E-state index in [0.717, 1.165) is 57.4 Å². The van der Waals surface area contributed by atoms with Crippen LogP contribution in [0.3, 0.4) is 0 Å². The van der Waals surface area contributed by atoms with Gasteiger partial charge in [0.25, 0.3) is 0 Å². The van der Waals surface area contributed by atoms with Crippen molar-refractivity contribution in [2.75, 3.05) is 6.54 Å². The Morgan fingerprint density at radius 2 is 1.74 bits per heavy atom. The predicted molar refractivity (Wildman–Crippen MR) is 139 cm³/mol. The van der Waals surface area contributed by atoms with Gasteiger partial charge in [-0.3, -0.25) is 14.6 Å². The minimum atomic E-state index is -0.0394. The number of amides is 2. The first-order valence-electron chi connectivity index (χ1n) is 12.1. The zero-order valence-electron chi connectivity index (χ0n) is 20.0. The molecule has 4 aromatic rings. The van der Waals surface area contributed by atoms with E-state index in [9.17, 15) is 9.59 Å². The molecule has 2 heterocycles. The maximum absolute atomic E-state index is 13.1. The van der Waals surface area contributed by atoms with Crippen molar-refractivity contribution in [2.45, 2.75) is 39.3 Å². The van der Waals surface area contributed by atoms with Crippen LogP contribution in [0.4, 0.5) is 0 Å². The molecule has 1 aliphatic rings. The van der Waals surface area contributed by atoms with Gasteiger partial charge in [0.1, 0.15) is 0 Å². The number of likely N-dealkylation sites (tertiary alicyclic amines) is 1. The normalized spacial score (nSPS) is 13.4. The molecule has 0 bridgehead atoms. The summed E-state index contributed by atoms with van der Waals surface area (Å²) in [6.45, 7) is 3.87. The minimum absolute atomic E-state index is 0.0394. The van der Waals surface area contributed by atoms with Gasteiger partial charge in [0.2, 0.25) is 11.8 Å². The number of aryl methyl sites for hydroxylation is 1. The quantitative estimate of drug-likeness (QED) is 0.410. The van der Waals surface area contributed by atoms with Gasteiger partial charge in [-0.15, -0.1) is 0 Å². The summed E-state index contributed by atoms with van der Waals surface area (Å²) in [4.78, 5) is 31.7. The molecule has 176 valence electrons. The lowest BCUT2D eigenvalue weighted by atomic mass is 9.92. The van der Waals surface area contributed by atoms with Gasteiger partial charge in [-0.1, -0.05) is 72.8 Å². The van der Waals surface area contributed by atoms with Gasteiger partial charge in [0, 0.05) is 37.1 Å².